The number of benzene rings is 1. The Bertz CT molecular complexity index is 931. The highest BCUT2D eigenvalue weighted by Crippen LogP contribution is 2.32. The van der Waals surface area contributed by atoms with Crippen LogP contribution in [0.3, 0.4) is 0 Å². The number of alkyl halides is 3. The van der Waals surface area contributed by atoms with E-state index in [1.54, 1.807) is 0 Å². The number of ether oxygens (including phenoxy) is 1. The number of aliphatic hydroxyl groups is 1. The van der Waals surface area contributed by atoms with Crippen LogP contribution in [0.1, 0.15) is 16.1 Å². The number of hydrazone groups is 1. The molecule has 28 heavy (non-hydrogen) atoms. The predicted octanol–water partition coefficient (Wildman–Crippen LogP) is 2.78. The van der Waals surface area contributed by atoms with Crippen molar-refractivity contribution in [2.24, 2.45) is 5.10 Å². The summed E-state index contributed by atoms with van der Waals surface area (Å²) in [4.78, 5) is 24.2. The maximum absolute atomic E-state index is 13.3. The van der Waals surface area contributed by atoms with Crippen LogP contribution in [0.5, 0.6) is 0 Å². The summed E-state index contributed by atoms with van der Waals surface area (Å²) in [5.74, 6) is -1.63. The lowest BCUT2D eigenvalue weighted by atomic mass is 10.1. The zero-order chi connectivity index (χ0) is 20.3. The molecule has 1 aromatic carbocycles. The summed E-state index contributed by atoms with van der Waals surface area (Å²) in [6.45, 7) is -0.531. The summed E-state index contributed by atoms with van der Waals surface area (Å²) in [7, 11) is 0. The number of hydrogen-bond acceptors (Lipinski definition) is 6. The molecule has 1 aliphatic heterocycles. The lowest BCUT2D eigenvalue weighted by Gasteiger charge is -2.12. The monoisotopic (exact) mass is 394 g/mol. The average Bonchev–Trinajstić information content (AvgIpc) is 3.28. The first-order valence-electron chi connectivity index (χ1n) is 7.95. The zero-order valence-corrected chi connectivity index (χ0v) is 14.1. The van der Waals surface area contributed by atoms with Crippen LogP contribution in [0.15, 0.2) is 57.8 Å². The molecule has 1 N–H and O–H groups in total. The summed E-state index contributed by atoms with van der Waals surface area (Å²) in [6, 6.07) is 7.96. The Kier molecular flexibility index (Phi) is 5.32. The van der Waals surface area contributed by atoms with Crippen LogP contribution >= 0.6 is 0 Å². The molecule has 0 saturated heterocycles. The molecule has 0 bridgehead atoms. The first-order chi connectivity index (χ1) is 13.3. The van der Waals surface area contributed by atoms with Crippen molar-refractivity contribution in [2.45, 2.75) is 6.18 Å². The third-order valence-corrected chi connectivity index (χ3v) is 3.65. The predicted molar refractivity (Wildman–Crippen MR) is 91.5 cm³/mol. The first kappa shape index (κ1) is 19.4. The molecule has 1 aromatic heterocycles. The number of nitrogens with zero attached hydrogens (tertiary/aromatic N) is 2. The van der Waals surface area contributed by atoms with E-state index in [1.165, 1.54) is 42.7 Å². The molecule has 7 nitrogen and oxygen atoms in total. The van der Waals surface area contributed by atoms with E-state index in [2.05, 4.69) is 5.10 Å². The van der Waals surface area contributed by atoms with Gasteiger partial charge in [0.15, 0.2) is 5.71 Å². The Hall–Kier alpha value is -3.40. The zero-order valence-electron chi connectivity index (χ0n) is 14.1. The topological polar surface area (TPSA) is 92.3 Å². The largest absolute Gasteiger partial charge is 0.465 e. The normalized spacial score (nSPS) is 15.9. The molecule has 0 aliphatic carbocycles. The van der Waals surface area contributed by atoms with Gasteiger partial charge >= 0.3 is 12.1 Å². The van der Waals surface area contributed by atoms with Gasteiger partial charge in [0.1, 0.15) is 12.4 Å². The van der Waals surface area contributed by atoms with Crippen molar-refractivity contribution in [3.8, 4) is 0 Å². The van der Waals surface area contributed by atoms with Crippen LogP contribution in [-0.4, -0.2) is 42.1 Å². The third kappa shape index (κ3) is 3.96. The molecular formula is C18H13F3N2O5. The number of hydrogen-bond donors (Lipinski definition) is 1. The van der Waals surface area contributed by atoms with E-state index in [4.69, 9.17) is 14.3 Å². The summed E-state index contributed by atoms with van der Waals surface area (Å²) >= 11 is 0. The minimum Gasteiger partial charge on any atom is -0.465 e. The van der Waals surface area contributed by atoms with E-state index in [1.807, 2.05) is 0 Å². The molecule has 10 heteroatoms. The Balaban J connectivity index is 1.91. The fourth-order valence-electron chi connectivity index (χ4n) is 2.41. The number of carbonyl (C=O) groups excluding carboxylic acids is 2. The van der Waals surface area contributed by atoms with Crippen LogP contribution in [0.4, 0.5) is 18.9 Å². The smallest absolute Gasteiger partial charge is 0.435 e. The van der Waals surface area contributed by atoms with Crippen LogP contribution in [0.2, 0.25) is 0 Å². The molecule has 0 atom stereocenters. The van der Waals surface area contributed by atoms with Gasteiger partial charge in [0.2, 0.25) is 0 Å². The summed E-state index contributed by atoms with van der Waals surface area (Å²) in [6.07, 6.45) is -2.62. The van der Waals surface area contributed by atoms with Crippen LogP contribution in [-0.2, 0) is 9.53 Å². The molecule has 0 fully saturated rings. The van der Waals surface area contributed by atoms with Crippen molar-refractivity contribution >= 4 is 29.4 Å². The highest BCUT2D eigenvalue weighted by atomic mass is 19.4. The number of halogens is 3. The Morgan fingerprint density at radius 3 is 2.54 bits per heavy atom. The molecule has 0 unspecified atom stereocenters. The fourth-order valence-corrected chi connectivity index (χ4v) is 2.41. The second kappa shape index (κ2) is 7.69. The van der Waals surface area contributed by atoms with E-state index < -0.39 is 29.3 Å². The Morgan fingerprint density at radius 1 is 1.25 bits per heavy atom. The number of anilines is 1. The maximum Gasteiger partial charge on any atom is 0.435 e. The Labute approximate surface area is 156 Å². The molecule has 2 aromatic rings. The van der Waals surface area contributed by atoms with Crippen molar-refractivity contribution < 1.29 is 37.0 Å². The lowest BCUT2D eigenvalue weighted by molar-refractivity contribution is -0.114. The molecule has 0 radical (unpaired) electrons. The van der Waals surface area contributed by atoms with Gasteiger partial charge in [0.05, 0.1) is 29.7 Å². The molecule has 2 heterocycles. The van der Waals surface area contributed by atoms with Crippen molar-refractivity contribution in [1.82, 2.24) is 0 Å². The highest BCUT2D eigenvalue weighted by Gasteiger charge is 2.47. The fraction of sp³-hybridized carbons (Fsp3) is 0.167. The maximum atomic E-state index is 13.3. The van der Waals surface area contributed by atoms with Crippen molar-refractivity contribution in [3.05, 3.63) is 59.6 Å². The van der Waals surface area contributed by atoms with Gasteiger partial charge in [-0.15, -0.1) is 0 Å². The van der Waals surface area contributed by atoms with Crippen molar-refractivity contribution in [1.29, 1.82) is 0 Å². The first-order valence-corrected chi connectivity index (χ1v) is 7.95. The quantitative estimate of drug-likeness (QED) is 0.622. The number of rotatable bonds is 5. The second-order valence-corrected chi connectivity index (χ2v) is 5.54. The minimum atomic E-state index is -4.85. The van der Waals surface area contributed by atoms with Crippen LogP contribution < -0.4 is 5.01 Å². The van der Waals surface area contributed by atoms with Gasteiger partial charge in [-0.25, -0.2) is 4.79 Å². The van der Waals surface area contributed by atoms with E-state index in [0.717, 1.165) is 6.08 Å². The van der Waals surface area contributed by atoms with Gasteiger partial charge in [-0.1, -0.05) is 0 Å². The number of esters is 1. The average molecular weight is 394 g/mol. The summed E-state index contributed by atoms with van der Waals surface area (Å²) in [5, 5.41) is 12.7. The van der Waals surface area contributed by atoms with Gasteiger partial charge in [-0.05, 0) is 42.5 Å². The van der Waals surface area contributed by atoms with E-state index in [9.17, 15) is 22.8 Å². The van der Waals surface area contributed by atoms with Gasteiger partial charge in [0, 0.05) is 0 Å². The molecule has 1 aliphatic rings. The number of furan rings is 1. The van der Waals surface area contributed by atoms with E-state index in [-0.39, 0.29) is 30.2 Å². The Morgan fingerprint density at radius 2 is 1.96 bits per heavy atom. The molecule has 0 saturated carbocycles. The molecule has 3 rings (SSSR count). The van der Waals surface area contributed by atoms with Gasteiger partial charge < -0.3 is 14.3 Å². The van der Waals surface area contributed by atoms with Crippen LogP contribution in [0.25, 0.3) is 6.08 Å². The van der Waals surface area contributed by atoms with Gasteiger partial charge in [0.25, 0.3) is 5.91 Å². The second-order valence-electron chi connectivity index (χ2n) is 5.54. The molecule has 1 amide bonds. The van der Waals surface area contributed by atoms with Gasteiger partial charge in [-0.3, -0.25) is 4.79 Å². The highest BCUT2D eigenvalue weighted by molar-refractivity contribution is 6.34. The lowest BCUT2D eigenvalue weighted by Crippen LogP contribution is -2.25. The molecule has 0 spiro atoms. The number of carbonyl (C=O) groups is 2. The minimum absolute atomic E-state index is 0.0355. The number of aliphatic hydroxyl groups excluding tert-OH is 1. The summed E-state index contributed by atoms with van der Waals surface area (Å²) < 4.78 is 49.7. The van der Waals surface area contributed by atoms with Gasteiger partial charge in [-0.2, -0.15) is 23.3 Å². The SMILES string of the molecule is O=C(OCCO)c1ccc(N2N=C(C(F)(F)F)C(=Cc3ccco3)C2=O)cc1. The molecular weight excluding hydrogens is 381 g/mol. The third-order valence-electron chi connectivity index (χ3n) is 3.65. The van der Waals surface area contributed by atoms with E-state index in [0.29, 0.717) is 5.01 Å². The standard InChI is InChI=1S/C18H13F3N2O5/c19-18(20,21)15-14(10-13-2-1-8-27-13)16(25)23(22-15)12-5-3-11(4-6-12)17(26)28-9-7-24/h1-6,8,10,24H,7,9H2. The van der Waals surface area contributed by atoms with Crippen molar-refractivity contribution in [3.63, 3.8) is 0 Å². The van der Waals surface area contributed by atoms with E-state index >= 15 is 0 Å². The van der Waals surface area contributed by atoms with Crippen LogP contribution in [0, 0.1) is 0 Å². The number of amides is 1. The van der Waals surface area contributed by atoms with Crippen molar-refractivity contribution in [2.75, 3.05) is 18.2 Å². The summed E-state index contributed by atoms with van der Waals surface area (Å²) in [5.41, 5.74) is -1.86. The molecule has 146 valence electrons.